The molecule has 0 aliphatic heterocycles. The number of hydrogen-bond acceptors (Lipinski definition) is 4. The topological polar surface area (TPSA) is 76.3 Å². The van der Waals surface area contributed by atoms with Crippen LogP contribution in [0.3, 0.4) is 0 Å². The van der Waals surface area contributed by atoms with E-state index in [1.807, 2.05) is 13.0 Å². The molecule has 1 unspecified atom stereocenters. The van der Waals surface area contributed by atoms with Crippen molar-refractivity contribution in [2.24, 2.45) is 0 Å². The maximum absolute atomic E-state index is 9.51. The lowest BCUT2D eigenvalue weighted by atomic mass is 10.1. The zero-order valence-electron chi connectivity index (χ0n) is 10.8. The first kappa shape index (κ1) is 14.2. The number of halogens is 1. The van der Waals surface area contributed by atoms with Crippen molar-refractivity contribution >= 4 is 21.6 Å². The van der Waals surface area contributed by atoms with Crippen LogP contribution in [0.15, 0.2) is 40.9 Å². The lowest BCUT2D eigenvalue weighted by molar-refractivity contribution is 0.448. The van der Waals surface area contributed by atoms with Crippen molar-refractivity contribution in [2.75, 3.05) is 5.32 Å². The molecule has 0 fully saturated rings. The molecule has 102 valence electrons. The fraction of sp³-hybridized carbons (Fsp3) is 0.133. The number of hydrogen-bond donors (Lipinski definition) is 3. The molecule has 0 bridgehead atoms. The Bertz CT molecular complexity index is 660. The maximum atomic E-state index is 9.51. The van der Waals surface area contributed by atoms with Gasteiger partial charge in [-0.1, -0.05) is 15.9 Å². The van der Waals surface area contributed by atoms with Gasteiger partial charge in [-0.2, -0.15) is 5.26 Å². The minimum absolute atomic E-state index is 0.00315. The molecule has 20 heavy (non-hydrogen) atoms. The van der Waals surface area contributed by atoms with Gasteiger partial charge in [0.15, 0.2) is 0 Å². The first-order chi connectivity index (χ1) is 9.49. The van der Waals surface area contributed by atoms with E-state index < -0.39 is 0 Å². The Hall–Kier alpha value is -2.19. The quantitative estimate of drug-likeness (QED) is 0.796. The van der Waals surface area contributed by atoms with Crippen molar-refractivity contribution in [1.29, 1.82) is 5.26 Å². The molecule has 2 aromatic rings. The molecular formula is C15H13BrN2O2. The standard InChI is InChI=1S/C15H13BrN2O2/c1-9(11-4-13(19)7-14(20)5-11)18-15-6-12(16)3-2-10(15)8-17/h2-7,9,18-20H,1H3. The SMILES string of the molecule is CC(Nc1cc(Br)ccc1C#N)c1cc(O)cc(O)c1. The monoisotopic (exact) mass is 332 g/mol. The second kappa shape index (κ2) is 5.85. The Morgan fingerprint density at radius 1 is 1.15 bits per heavy atom. The molecule has 0 aromatic heterocycles. The van der Waals surface area contributed by atoms with Crippen molar-refractivity contribution in [1.82, 2.24) is 0 Å². The Balaban J connectivity index is 2.30. The van der Waals surface area contributed by atoms with Crippen LogP contribution in [0.2, 0.25) is 0 Å². The second-order valence-electron chi connectivity index (χ2n) is 4.45. The van der Waals surface area contributed by atoms with Gasteiger partial charge in [-0.05, 0) is 42.8 Å². The molecular weight excluding hydrogens is 320 g/mol. The summed E-state index contributed by atoms with van der Waals surface area (Å²) in [4.78, 5) is 0. The number of nitriles is 1. The predicted molar refractivity (Wildman–Crippen MR) is 80.7 cm³/mol. The van der Waals surface area contributed by atoms with Crippen LogP contribution in [0.1, 0.15) is 24.1 Å². The summed E-state index contributed by atoms with van der Waals surface area (Å²) < 4.78 is 0.866. The van der Waals surface area contributed by atoms with Crippen LogP contribution in [0.4, 0.5) is 5.69 Å². The summed E-state index contributed by atoms with van der Waals surface area (Å²) in [6, 6.07) is 11.7. The highest BCUT2D eigenvalue weighted by atomic mass is 79.9. The van der Waals surface area contributed by atoms with Gasteiger partial charge in [0.25, 0.3) is 0 Å². The first-order valence-electron chi connectivity index (χ1n) is 5.98. The molecule has 0 saturated heterocycles. The van der Waals surface area contributed by atoms with Crippen LogP contribution in [0.25, 0.3) is 0 Å². The van der Waals surface area contributed by atoms with E-state index in [0.717, 1.165) is 10.0 Å². The van der Waals surface area contributed by atoms with Gasteiger partial charge in [-0.25, -0.2) is 0 Å². The van der Waals surface area contributed by atoms with Crippen LogP contribution in [0, 0.1) is 11.3 Å². The Morgan fingerprint density at radius 2 is 1.80 bits per heavy atom. The molecule has 0 heterocycles. The molecule has 0 radical (unpaired) electrons. The molecule has 0 spiro atoms. The molecule has 0 amide bonds. The summed E-state index contributed by atoms with van der Waals surface area (Å²) in [6.45, 7) is 1.89. The lowest BCUT2D eigenvalue weighted by Crippen LogP contribution is -2.07. The highest BCUT2D eigenvalue weighted by molar-refractivity contribution is 9.10. The van der Waals surface area contributed by atoms with Gasteiger partial charge < -0.3 is 15.5 Å². The van der Waals surface area contributed by atoms with Crippen LogP contribution in [0.5, 0.6) is 11.5 Å². The number of phenolic OH excluding ortho intramolecular Hbond substituents is 2. The number of rotatable bonds is 3. The highest BCUT2D eigenvalue weighted by Crippen LogP contribution is 2.29. The van der Waals surface area contributed by atoms with E-state index in [0.29, 0.717) is 11.3 Å². The van der Waals surface area contributed by atoms with E-state index in [-0.39, 0.29) is 17.5 Å². The van der Waals surface area contributed by atoms with Gasteiger partial charge in [-0.15, -0.1) is 0 Å². The fourth-order valence-electron chi connectivity index (χ4n) is 1.92. The van der Waals surface area contributed by atoms with E-state index in [1.54, 1.807) is 24.3 Å². The Kier molecular flexibility index (Phi) is 4.16. The zero-order valence-corrected chi connectivity index (χ0v) is 12.3. The Labute approximate surface area is 125 Å². The largest absolute Gasteiger partial charge is 0.508 e. The maximum Gasteiger partial charge on any atom is 0.119 e. The average molecular weight is 333 g/mol. The summed E-state index contributed by atoms with van der Waals surface area (Å²) in [7, 11) is 0. The van der Waals surface area contributed by atoms with Gasteiger partial charge in [0.05, 0.1) is 11.3 Å². The first-order valence-corrected chi connectivity index (χ1v) is 6.78. The third-order valence-corrected chi connectivity index (χ3v) is 3.39. The van der Waals surface area contributed by atoms with Crippen LogP contribution in [-0.2, 0) is 0 Å². The third kappa shape index (κ3) is 3.22. The van der Waals surface area contributed by atoms with Crippen molar-refractivity contribution < 1.29 is 10.2 Å². The number of phenols is 2. The van der Waals surface area contributed by atoms with Gasteiger partial charge >= 0.3 is 0 Å². The molecule has 0 saturated carbocycles. The van der Waals surface area contributed by atoms with E-state index in [4.69, 9.17) is 5.26 Å². The summed E-state index contributed by atoms with van der Waals surface area (Å²) in [6.07, 6.45) is 0. The van der Waals surface area contributed by atoms with Gasteiger partial charge in [0.2, 0.25) is 0 Å². The highest BCUT2D eigenvalue weighted by Gasteiger charge is 2.11. The van der Waals surface area contributed by atoms with E-state index >= 15 is 0 Å². The Morgan fingerprint density at radius 3 is 2.40 bits per heavy atom. The van der Waals surface area contributed by atoms with Crippen molar-refractivity contribution in [3.8, 4) is 17.6 Å². The molecule has 5 heteroatoms. The molecule has 0 aliphatic carbocycles. The second-order valence-corrected chi connectivity index (χ2v) is 5.37. The van der Waals surface area contributed by atoms with Crippen molar-refractivity contribution in [3.63, 3.8) is 0 Å². The zero-order chi connectivity index (χ0) is 14.7. The van der Waals surface area contributed by atoms with E-state index in [1.165, 1.54) is 6.07 Å². The number of anilines is 1. The molecule has 2 aromatic carbocycles. The minimum atomic E-state index is -0.172. The average Bonchev–Trinajstić information content (AvgIpc) is 2.37. The van der Waals surface area contributed by atoms with E-state index in [9.17, 15) is 10.2 Å². The summed E-state index contributed by atoms with van der Waals surface area (Å²) in [5.74, 6) is 0.00629. The number of nitrogens with one attached hydrogen (secondary N) is 1. The summed E-state index contributed by atoms with van der Waals surface area (Å²) >= 11 is 3.37. The number of nitrogens with zero attached hydrogens (tertiary/aromatic N) is 1. The van der Waals surface area contributed by atoms with Crippen molar-refractivity contribution in [3.05, 3.63) is 52.0 Å². The molecule has 1 atom stereocenters. The molecule has 4 nitrogen and oxygen atoms in total. The third-order valence-electron chi connectivity index (χ3n) is 2.90. The smallest absolute Gasteiger partial charge is 0.119 e. The van der Waals surface area contributed by atoms with Gasteiger partial charge in [0.1, 0.15) is 17.6 Å². The van der Waals surface area contributed by atoms with Crippen LogP contribution >= 0.6 is 15.9 Å². The number of benzene rings is 2. The number of aromatic hydroxyl groups is 2. The fourth-order valence-corrected chi connectivity index (χ4v) is 2.28. The van der Waals surface area contributed by atoms with Crippen molar-refractivity contribution in [2.45, 2.75) is 13.0 Å². The molecule has 2 rings (SSSR count). The van der Waals surface area contributed by atoms with Crippen LogP contribution < -0.4 is 5.32 Å². The molecule has 3 N–H and O–H groups in total. The predicted octanol–water partition coefficient (Wildman–Crippen LogP) is 3.91. The van der Waals surface area contributed by atoms with Gasteiger partial charge in [0, 0.05) is 16.6 Å². The van der Waals surface area contributed by atoms with Crippen LogP contribution in [-0.4, -0.2) is 10.2 Å². The van der Waals surface area contributed by atoms with Gasteiger partial charge in [-0.3, -0.25) is 0 Å². The molecule has 0 aliphatic rings. The lowest BCUT2D eigenvalue weighted by Gasteiger charge is -2.17. The minimum Gasteiger partial charge on any atom is -0.508 e. The normalized spacial score (nSPS) is 11.7. The summed E-state index contributed by atoms with van der Waals surface area (Å²) in [5, 5.41) is 31.3. The van der Waals surface area contributed by atoms with E-state index in [2.05, 4.69) is 27.3 Å². The summed E-state index contributed by atoms with van der Waals surface area (Å²) in [5.41, 5.74) is 1.95.